The predicted molar refractivity (Wildman–Crippen MR) is 76.6 cm³/mol. The number of aromatic nitrogens is 1. The molecular formula is C13H10ClN5O. The Balaban J connectivity index is 2.44. The first kappa shape index (κ1) is 13.6. The van der Waals surface area contributed by atoms with Crippen molar-refractivity contribution in [1.82, 2.24) is 4.98 Å². The number of halogens is 1. The molecule has 0 unspecified atom stereocenters. The van der Waals surface area contributed by atoms with Gasteiger partial charge in [-0.25, -0.2) is 4.98 Å². The summed E-state index contributed by atoms with van der Waals surface area (Å²) in [4.78, 5) is 15.1. The van der Waals surface area contributed by atoms with E-state index < -0.39 is 5.91 Å². The molecule has 0 atom stereocenters. The topological polar surface area (TPSA) is 118 Å². The Bertz CT molecular complexity index is 723. The molecule has 0 radical (unpaired) electrons. The van der Waals surface area contributed by atoms with Crippen LogP contribution in [0.5, 0.6) is 0 Å². The minimum Gasteiger partial charge on any atom is -0.396 e. The summed E-state index contributed by atoms with van der Waals surface area (Å²) >= 11 is 5.89. The number of nitriles is 1. The van der Waals surface area contributed by atoms with Gasteiger partial charge in [0.05, 0.1) is 16.9 Å². The zero-order valence-corrected chi connectivity index (χ0v) is 11.0. The standard InChI is InChI=1S/C13H10ClN5O/c14-8-2-1-7(6-15)11(5-8)19-13-9(16)3-4-10(18-13)12(17)20/h1-5H,16H2,(H2,17,20)(H,18,19). The van der Waals surface area contributed by atoms with Crippen LogP contribution in [0, 0.1) is 11.3 Å². The first-order chi connectivity index (χ1) is 9.51. The second-order valence-electron chi connectivity index (χ2n) is 3.93. The molecule has 1 amide bonds. The molecule has 2 rings (SSSR count). The molecule has 5 N–H and O–H groups in total. The van der Waals surface area contributed by atoms with E-state index in [0.29, 0.717) is 22.0 Å². The molecule has 100 valence electrons. The molecule has 0 bridgehead atoms. The van der Waals surface area contributed by atoms with E-state index in [-0.39, 0.29) is 11.5 Å². The van der Waals surface area contributed by atoms with Crippen LogP contribution in [0.4, 0.5) is 17.2 Å². The van der Waals surface area contributed by atoms with E-state index in [4.69, 9.17) is 28.3 Å². The molecule has 1 aromatic carbocycles. The Morgan fingerprint density at radius 3 is 2.75 bits per heavy atom. The van der Waals surface area contributed by atoms with Gasteiger partial charge in [-0.2, -0.15) is 5.26 Å². The number of rotatable bonds is 3. The zero-order valence-electron chi connectivity index (χ0n) is 10.2. The van der Waals surface area contributed by atoms with Gasteiger partial charge < -0.3 is 16.8 Å². The number of nitrogens with two attached hydrogens (primary N) is 2. The van der Waals surface area contributed by atoms with E-state index in [2.05, 4.69) is 10.3 Å². The average molecular weight is 288 g/mol. The molecule has 1 heterocycles. The van der Waals surface area contributed by atoms with Crippen LogP contribution in [0.2, 0.25) is 5.02 Å². The normalized spacial score (nSPS) is 9.80. The van der Waals surface area contributed by atoms with Gasteiger partial charge in [0.25, 0.3) is 5.91 Å². The van der Waals surface area contributed by atoms with Crippen LogP contribution < -0.4 is 16.8 Å². The monoisotopic (exact) mass is 287 g/mol. The van der Waals surface area contributed by atoms with Crippen LogP contribution in [0.25, 0.3) is 0 Å². The highest BCUT2D eigenvalue weighted by atomic mass is 35.5. The van der Waals surface area contributed by atoms with E-state index in [1.807, 2.05) is 6.07 Å². The van der Waals surface area contributed by atoms with Crippen molar-refractivity contribution in [2.24, 2.45) is 5.73 Å². The number of nitrogens with one attached hydrogen (secondary N) is 1. The lowest BCUT2D eigenvalue weighted by Crippen LogP contribution is -2.14. The Morgan fingerprint density at radius 1 is 1.35 bits per heavy atom. The van der Waals surface area contributed by atoms with Gasteiger partial charge in [-0.3, -0.25) is 4.79 Å². The van der Waals surface area contributed by atoms with Gasteiger partial charge in [0.15, 0.2) is 5.82 Å². The lowest BCUT2D eigenvalue weighted by Gasteiger charge is -2.10. The number of carbonyl (C=O) groups is 1. The fourth-order valence-corrected chi connectivity index (χ4v) is 1.72. The Kier molecular flexibility index (Phi) is 3.73. The number of pyridine rings is 1. The third kappa shape index (κ3) is 2.79. The molecule has 0 spiro atoms. The van der Waals surface area contributed by atoms with Crippen molar-refractivity contribution < 1.29 is 4.79 Å². The summed E-state index contributed by atoms with van der Waals surface area (Å²) in [6.07, 6.45) is 0. The van der Waals surface area contributed by atoms with Crippen molar-refractivity contribution >= 4 is 34.7 Å². The van der Waals surface area contributed by atoms with Crippen molar-refractivity contribution in [1.29, 1.82) is 5.26 Å². The summed E-state index contributed by atoms with van der Waals surface area (Å²) in [7, 11) is 0. The number of benzene rings is 1. The quantitative estimate of drug-likeness (QED) is 0.798. The molecule has 1 aromatic heterocycles. The van der Waals surface area contributed by atoms with E-state index >= 15 is 0 Å². The van der Waals surface area contributed by atoms with Gasteiger partial charge in [0, 0.05) is 5.02 Å². The summed E-state index contributed by atoms with van der Waals surface area (Å²) in [5, 5.41) is 12.4. The first-order valence-electron chi connectivity index (χ1n) is 5.54. The molecule has 7 heteroatoms. The van der Waals surface area contributed by atoms with Crippen LogP contribution in [0.3, 0.4) is 0 Å². The minimum atomic E-state index is -0.667. The predicted octanol–water partition coefficient (Wildman–Crippen LogP) is 2.03. The summed E-state index contributed by atoms with van der Waals surface area (Å²) in [6, 6.07) is 9.68. The van der Waals surface area contributed by atoms with Crippen LogP contribution in [-0.4, -0.2) is 10.9 Å². The van der Waals surface area contributed by atoms with Crippen LogP contribution in [0.15, 0.2) is 30.3 Å². The van der Waals surface area contributed by atoms with Crippen molar-refractivity contribution in [3.05, 3.63) is 46.6 Å². The average Bonchev–Trinajstić information content (AvgIpc) is 2.41. The lowest BCUT2D eigenvalue weighted by molar-refractivity contribution is 0.0996. The molecule has 0 saturated carbocycles. The Hall–Kier alpha value is -2.78. The number of nitrogen functional groups attached to an aromatic ring is 1. The van der Waals surface area contributed by atoms with Gasteiger partial charge >= 0.3 is 0 Å². The maximum Gasteiger partial charge on any atom is 0.267 e. The second kappa shape index (κ2) is 5.47. The summed E-state index contributed by atoms with van der Waals surface area (Å²) < 4.78 is 0. The smallest absolute Gasteiger partial charge is 0.267 e. The van der Waals surface area contributed by atoms with Gasteiger partial charge in [-0.05, 0) is 30.3 Å². The van der Waals surface area contributed by atoms with Gasteiger partial charge in [-0.15, -0.1) is 0 Å². The third-order valence-electron chi connectivity index (χ3n) is 2.53. The fraction of sp³-hybridized carbons (Fsp3) is 0. The number of amides is 1. The molecule has 0 saturated heterocycles. The molecule has 20 heavy (non-hydrogen) atoms. The summed E-state index contributed by atoms with van der Waals surface area (Å²) in [6.45, 7) is 0. The van der Waals surface area contributed by atoms with E-state index in [1.54, 1.807) is 18.2 Å². The molecular weight excluding hydrogens is 278 g/mol. The maximum absolute atomic E-state index is 11.1. The molecule has 6 nitrogen and oxygen atoms in total. The van der Waals surface area contributed by atoms with Crippen molar-refractivity contribution in [3.8, 4) is 6.07 Å². The largest absolute Gasteiger partial charge is 0.396 e. The summed E-state index contributed by atoms with van der Waals surface area (Å²) in [5.74, 6) is -0.431. The number of primary amides is 1. The highest BCUT2D eigenvalue weighted by molar-refractivity contribution is 6.30. The lowest BCUT2D eigenvalue weighted by atomic mass is 10.2. The number of hydrogen-bond acceptors (Lipinski definition) is 5. The molecule has 0 aliphatic heterocycles. The van der Waals surface area contributed by atoms with Gasteiger partial charge in [-0.1, -0.05) is 11.6 Å². The number of carbonyl (C=O) groups excluding carboxylic acids is 1. The van der Waals surface area contributed by atoms with Gasteiger partial charge in [0.2, 0.25) is 0 Å². The van der Waals surface area contributed by atoms with Crippen molar-refractivity contribution in [3.63, 3.8) is 0 Å². The van der Waals surface area contributed by atoms with Crippen molar-refractivity contribution in [2.75, 3.05) is 11.1 Å². The Labute approximate surface area is 120 Å². The Morgan fingerprint density at radius 2 is 2.10 bits per heavy atom. The van der Waals surface area contributed by atoms with E-state index in [9.17, 15) is 4.79 Å². The highest BCUT2D eigenvalue weighted by Crippen LogP contribution is 2.26. The maximum atomic E-state index is 11.1. The number of hydrogen-bond donors (Lipinski definition) is 3. The molecule has 0 aliphatic rings. The van der Waals surface area contributed by atoms with Crippen LogP contribution in [0.1, 0.15) is 16.1 Å². The first-order valence-corrected chi connectivity index (χ1v) is 5.92. The number of anilines is 3. The zero-order chi connectivity index (χ0) is 14.7. The molecule has 2 aromatic rings. The van der Waals surface area contributed by atoms with Gasteiger partial charge in [0.1, 0.15) is 11.8 Å². The summed E-state index contributed by atoms with van der Waals surface area (Å²) in [5.41, 5.74) is 12.1. The minimum absolute atomic E-state index is 0.0715. The van der Waals surface area contributed by atoms with E-state index in [1.165, 1.54) is 12.1 Å². The number of nitrogens with zero attached hydrogens (tertiary/aromatic N) is 2. The van der Waals surface area contributed by atoms with Crippen LogP contribution in [-0.2, 0) is 0 Å². The fourth-order valence-electron chi connectivity index (χ4n) is 1.55. The SMILES string of the molecule is N#Cc1ccc(Cl)cc1Nc1nc(C(N)=O)ccc1N. The van der Waals surface area contributed by atoms with E-state index in [0.717, 1.165) is 0 Å². The highest BCUT2D eigenvalue weighted by Gasteiger charge is 2.10. The second-order valence-corrected chi connectivity index (χ2v) is 4.36. The molecule has 0 aliphatic carbocycles. The van der Waals surface area contributed by atoms with Crippen LogP contribution >= 0.6 is 11.6 Å². The third-order valence-corrected chi connectivity index (χ3v) is 2.77. The molecule has 0 fully saturated rings. The van der Waals surface area contributed by atoms with Crippen molar-refractivity contribution in [2.45, 2.75) is 0 Å².